The number of rotatable bonds is 5. The van der Waals surface area contributed by atoms with E-state index in [-0.39, 0.29) is 10.6 Å². The summed E-state index contributed by atoms with van der Waals surface area (Å²) in [6.07, 6.45) is 0. The van der Waals surface area contributed by atoms with Crippen LogP contribution in [0.25, 0.3) is 0 Å². The van der Waals surface area contributed by atoms with Gasteiger partial charge in [-0.05, 0) is 38.1 Å². The van der Waals surface area contributed by atoms with Crippen molar-refractivity contribution >= 4 is 11.4 Å². The lowest BCUT2D eigenvalue weighted by Gasteiger charge is -2.33. The second-order valence-electron chi connectivity index (χ2n) is 6.37. The van der Waals surface area contributed by atoms with Crippen LogP contribution < -0.4 is 14.5 Å². The quantitative estimate of drug-likeness (QED) is 0.639. The molecule has 1 aliphatic heterocycles. The molecule has 3 rings (SSSR count). The maximum Gasteiger partial charge on any atom is 0.312 e. The first-order valence-electron chi connectivity index (χ1n) is 8.40. The second kappa shape index (κ2) is 7.10. The fourth-order valence-electron chi connectivity index (χ4n) is 3.35. The van der Waals surface area contributed by atoms with E-state index in [4.69, 9.17) is 4.74 Å². The Labute approximate surface area is 146 Å². The van der Waals surface area contributed by atoms with Gasteiger partial charge in [-0.15, -0.1) is 0 Å². The van der Waals surface area contributed by atoms with E-state index < -0.39 is 0 Å². The Morgan fingerprint density at radius 1 is 1.24 bits per heavy atom. The van der Waals surface area contributed by atoms with Crippen LogP contribution in [0.2, 0.25) is 0 Å². The van der Waals surface area contributed by atoms with Gasteiger partial charge < -0.3 is 14.5 Å². The highest BCUT2D eigenvalue weighted by atomic mass is 16.6. The molecule has 0 spiro atoms. The molecule has 0 atom stereocenters. The molecule has 0 aliphatic carbocycles. The van der Waals surface area contributed by atoms with E-state index in [0.29, 0.717) is 18.1 Å². The van der Waals surface area contributed by atoms with Gasteiger partial charge in [0.25, 0.3) is 0 Å². The molecule has 1 fully saturated rings. The summed E-state index contributed by atoms with van der Waals surface area (Å²) in [5.41, 5.74) is 2.45. The molecule has 1 N–H and O–H groups in total. The zero-order valence-electron chi connectivity index (χ0n) is 14.9. The largest absolute Gasteiger partial charge is 0.497 e. The van der Waals surface area contributed by atoms with Crippen molar-refractivity contribution in [3.05, 3.63) is 45.8 Å². The van der Waals surface area contributed by atoms with Crippen LogP contribution in [0.1, 0.15) is 11.4 Å². The minimum absolute atomic E-state index is 0.135. The van der Waals surface area contributed by atoms with Gasteiger partial charge in [0.2, 0.25) is 0 Å². The minimum atomic E-state index is -0.342. The average molecular weight is 346 g/mol. The van der Waals surface area contributed by atoms with Crippen molar-refractivity contribution in [1.29, 1.82) is 0 Å². The SMILES string of the molecule is COc1ccc(N2CC[NH+](Cn3nc(C)c([N+](=O)[O-])c3C)CC2)cc1. The predicted molar refractivity (Wildman–Crippen MR) is 94.3 cm³/mol. The number of quaternary nitrogens is 1. The number of anilines is 1. The van der Waals surface area contributed by atoms with Gasteiger partial charge in [0.15, 0.2) is 6.67 Å². The van der Waals surface area contributed by atoms with Crippen molar-refractivity contribution in [3.8, 4) is 5.75 Å². The van der Waals surface area contributed by atoms with Crippen LogP contribution in [0.3, 0.4) is 0 Å². The van der Waals surface area contributed by atoms with E-state index in [0.717, 1.165) is 31.9 Å². The van der Waals surface area contributed by atoms with Crippen LogP contribution in [-0.2, 0) is 6.67 Å². The molecule has 25 heavy (non-hydrogen) atoms. The highest BCUT2D eigenvalue weighted by Crippen LogP contribution is 2.21. The number of aryl methyl sites for hydroxylation is 1. The van der Waals surface area contributed by atoms with Crippen molar-refractivity contribution in [2.75, 3.05) is 38.2 Å². The molecule has 134 valence electrons. The molecule has 2 aromatic rings. The second-order valence-corrected chi connectivity index (χ2v) is 6.37. The number of benzene rings is 1. The topological polar surface area (TPSA) is 77.9 Å². The number of ether oxygens (including phenoxy) is 1. The number of nitrogens with zero attached hydrogens (tertiary/aromatic N) is 4. The molecule has 1 aromatic heterocycles. The number of aromatic nitrogens is 2. The number of nitro groups is 1. The Morgan fingerprint density at radius 3 is 2.40 bits per heavy atom. The smallest absolute Gasteiger partial charge is 0.312 e. The lowest BCUT2D eigenvalue weighted by molar-refractivity contribution is -0.924. The third-order valence-corrected chi connectivity index (χ3v) is 4.81. The number of nitrogens with one attached hydrogen (secondary N) is 1. The molecule has 2 heterocycles. The van der Waals surface area contributed by atoms with E-state index >= 15 is 0 Å². The van der Waals surface area contributed by atoms with Gasteiger partial charge in [0, 0.05) is 5.69 Å². The summed E-state index contributed by atoms with van der Waals surface area (Å²) in [5, 5.41) is 15.5. The summed E-state index contributed by atoms with van der Waals surface area (Å²) >= 11 is 0. The summed E-state index contributed by atoms with van der Waals surface area (Å²) < 4.78 is 6.97. The molecule has 1 aliphatic rings. The molecule has 1 saturated heterocycles. The van der Waals surface area contributed by atoms with Gasteiger partial charge in [0.05, 0.1) is 38.2 Å². The monoisotopic (exact) mass is 346 g/mol. The maximum absolute atomic E-state index is 11.1. The van der Waals surface area contributed by atoms with E-state index in [1.807, 2.05) is 12.1 Å². The lowest BCUT2D eigenvalue weighted by Crippen LogP contribution is -3.14. The number of methoxy groups -OCH3 is 1. The number of hydrogen-bond acceptors (Lipinski definition) is 5. The first-order chi connectivity index (χ1) is 12.0. The van der Waals surface area contributed by atoms with Crippen molar-refractivity contribution in [2.45, 2.75) is 20.5 Å². The van der Waals surface area contributed by atoms with Gasteiger partial charge in [0.1, 0.15) is 17.1 Å². The Bertz CT molecular complexity index is 748. The van der Waals surface area contributed by atoms with Crippen LogP contribution in [0.5, 0.6) is 5.75 Å². The molecule has 0 saturated carbocycles. The Hall–Kier alpha value is -2.61. The van der Waals surface area contributed by atoms with Crippen LogP contribution in [0, 0.1) is 24.0 Å². The minimum Gasteiger partial charge on any atom is -0.497 e. The lowest BCUT2D eigenvalue weighted by atomic mass is 10.2. The van der Waals surface area contributed by atoms with Crippen LogP contribution in [-0.4, -0.2) is 48.0 Å². The van der Waals surface area contributed by atoms with Crippen LogP contribution >= 0.6 is 0 Å². The van der Waals surface area contributed by atoms with E-state index in [1.165, 1.54) is 10.6 Å². The zero-order chi connectivity index (χ0) is 18.0. The van der Waals surface area contributed by atoms with Gasteiger partial charge in [-0.25, -0.2) is 4.68 Å². The molecular weight excluding hydrogens is 322 g/mol. The molecule has 8 nitrogen and oxygen atoms in total. The fourth-order valence-corrected chi connectivity index (χ4v) is 3.35. The van der Waals surface area contributed by atoms with Gasteiger partial charge >= 0.3 is 5.69 Å². The average Bonchev–Trinajstić information content (AvgIpc) is 2.89. The molecule has 1 aromatic carbocycles. The Kier molecular flexibility index (Phi) is 4.89. The maximum atomic E-state index is 11.1. The number of piperazine rings is 1. The van der Waals surface area contributed by atoms with Crippen LogP contribution in [0.4, 0.5) is 11.4 Å². The first-order valence-corrected chi connectivity index (χ1v) is 8.40. The Balaban J connectivity index is 1.61. The standard InChI is InChI=1S/C17H23N5O3/c1-13-17(22(23)24)14(2)21(18-13)12-19-8-10-20(11-9-19)15-4-6-16(25-3)7-5-15/h4-7H,8-12H2,1-3H3/p+1. The van der Waals surface area contributed by atoms with Crippen LogP contribution in [0.15, 0.2) is 24.3 Å². The molecular formula is C17H24N5O3+. The highest BCUT2D eigenvalue weighted by molar-refractivity contribution is 5.49. The summed E-state index contributed by atoms with van der Waals surface area (Å²) in [6, 6.07) is 8.11. The van der Waals surface area contributed by atoms with Gasteiger partial charge in [-0.1, -0.05) is 0 Å². The summed E-state index contributed by atoms with van der Waals surface area (Å²) in [5.74, 6) is 0.860. The fraction of sp³-hybridized carbons (Fsp3) is 0.471. The van der Waals surface area contributed by atoms with E-state index in [9.17, 15) is 10.1 Å². The van der Waals surface area contributed by atoms with Crippen molar-refractivity contribution in [3.63, 3.8) is 0 Å². The van der Waals surface area contributed by atoms with Crippen molar-refractivity contribution < 1.29 is 14.6 Å². The third-order valence-electron chi connectivity index (χ3n) is 4.81. The molecule has 8 heteroatoms. The molecule has 0 unspecified atom stereocenters. The molecule has 0 bridgehead atoms. The molecule has 0 amide bonds. The first kappa shape index (κ1) is 17.2. The van der Waals surface area contributed by atoms with E-state index in [2.05, 4.69) is 22.1 Å². The summed E-state index contributed by atoms with van der Waals surface area (Å²) in [4.78, 5) is 14.5. The van der Waals surface area contributed by atoms with Gasteiger partial charge in [-0.3, -0.25) is 10.1 Å². The van der Waals surface area contributed by atoms with Crippen molar-refractivity contribution in [1.82, 2.24) is 9.78 Å². The summed E-state index contributed by atoms with van der Waals surface area (Å²) in [7, 11) is 1.67. The third kappa shape index (κ3) is 3.58. The zero-order valence-corrected chi connectivity index (χ0v) is 14.9. The summed E-state index contributed by atoms with van der Waals surface area (Å²) in [6.45, 7) is 7.96. The molecule has 0 radical (unpaired) electrons. The van der Waals surface area contributed by atoms with E-state index in [1.54, 1.807) is 25.6 Å². The van der Waals surface area contributed by atoms with Crippen molar-refractivity contribution in [2.24, 2.45) is 0 Å². The number of hydrogen-bond donors (Lipinski definition) is 1. The highest BCUT2D eigenvalue weighted by Gasteiger charge is 2.26. The Morgan fingerprint density at radius 2 is 1.88 bits per heavy atom. The van der Waals surface area contributed by atoms with Gasteiger partial charge in [-0.2, -0.15) is 5.10 Å². The predicted octanol–water partition coefficient (Wildman–Crippen LogP) is 0.779. The normalized spacial score (nSPS) is 15.4.